The number of hydrogen-bond acceptors (Lipinski definition) is 3. The molecule has 0 aliphatic heterocycles. The molecule has 0 bridgehead atoms. The number of nitriles is 1. The van der Waals surface area contributed by atoms with Gasteiger partial charge >= 0.3 is 5.97 Å². The Morgan fingerprint density at radius 1 is 1.37 bits per heavy atom. The van der Waals surface area contributed by atoms with Crippen LogP contribution in [0.1, 0.15) is 28.5 Å². The lowest BCUT2D eigenvalue weighted by molar-refractivity contribution is 0.0601. The second kappa shape index (κ2) is 5.40. The number of aromatic nitrogens is 1. The van der Waals surface area contributed by atoms with Crippen molar-refractivity contribution in [1.82, 2.24) is 4.98 Å². The van der Waals surface area contributed by atoms with Crippen molar-refractivity contribution < 1.29 is 9.53 Å². The maximum absolute atomic E-state index is 11.4. The highest BCUT2D eigenvalue weighted by Crippen LogP contribution is 2.24. The molecule has 1 aromatic carbocycles. The van der Waals surface area contributed by atoms with Crippen LogP contribution in [0.2, 0.25) is 0 Å². The minimum atomic E-state index is -0.368. The predicted molar refractivity (Wildman–Crippen MR) is 71.7 cm³/mol. The molecule has 2 aromatic rings. The van der Waals surface area contributed by atoms with Crippen LogP contribution in [0.3, 0.4) is 0 Å². The molecule has 0 radical (unpaired) electrons. The molecule has 2 rings (SSSR count). The van der Waals surface area contributed by atoms with E-state index in [2.05, 4.69) is 15.8 Å². The summed E-state index contributed by atoms with van der Waals surface area (Å²) in [6.45, 7) is 2.02. The van der Waals surface area contributed by atoms with Crippen LogP contribution in [0.15, 0.2) is 30.3 Å². The maximum atomic E-state index is 11.4. The number of carbonyl (C=O) groups is 1. The normalized spacial score (nSPS) is 9.95. The van der Waals surface area contributed by atoms with Crippen molar-refractivity contribution in [1.29, 1.82) is 5.26 Å². The van der Waals surface area contributed by atoms with Gasteiger partial charge < -0.3 is 9.72 Å². The number of ether oxygens (including phenoxy) is 1. The van der Waals surface area contributed by atoms with Gasteiger partial charge in [-0.3, -0.25) is 0 Å². The number of hydrogen-bond donors (Lipinski definition) is 1. The van der Waals surface area contributed by atoms with Crippen LogP contribution in [0, 0.1) is 11.3 Å². The number of esters is 1. The van der Waals surface area contributed by atoms with Crippen molar-refractivity contribution in [2.75, 3.05) is 7.11 Å². The molecular weight excluding hydrogens is 240 g/mol. The number of methoxy groups -OCH3 is 1. The molecule has 1 N–H and O–H groups in total. The first-order valence-corrected chi connectivity index (χ1v) is 6.00. The first-order chi connectivity index (χ1) is 9.19. The summed E-state index contributed by atoms with van der Waals surface area (Å²) in [5.74, 6) is -0.368. The Bertz CT molecular complexity index is 633. The molecule has 0 aliphatic rings. The van der Waals surface area contributed by atoms with Gasteiger partial charge in [0.05, 0.1) is 23.9 Å². The van der Waals surface area contributed by atoms with Crippen LogP contribution in [0.25, 0.3) is 11.3 Å². The van der Waals surface area contributed by atoms with Gasteiger partial charge in [0.1, 0.15) is 6.07 Å². The summed E-state index contributed by atoms with van der Waals surface area (Å²) in [5, 5.41) is 9.13. The molecule has 0 amide bonds. The van der Waals surface area contributed by atoms with Gasteiger partial charge in [-0.15, -0.1) is 0 Å². The van der Waals surface area contributed by atoms with Crippen LogP contribution >= 0.6 is 0 Å². The van der Waals surface area contributed by atoms with Crippen LogP contribution < -0.4 is 0 Å². The summed E-state index contributed by atoms with van der Waals surface area (Å²) in [5.41, 5.74) is 3.79. The number of aryl methyl sites for hydroxylation is 1. The Hall–Kier alpha value is -2.54. The van der Waals surface area contributed by atoms with Crippen molar-refractivity contribution in [3.8, 4) is 17.3 Å². The summed E-state index contributed by atoms with van der Waals surface area (Å²) in [4.78, 5) is 14.6. The second-order valence-corrected chi connectivity index (χ2v) is 4.12. The minimum Gasteiger partial charge on any atom is -0.465 e. The third-order valence-corrected chi connectivity index (χ3v) is 2.97. The quantitative estimate of drug-likeness (QED) is 0.856. The van der Waals surface area contributed by atoms with Gasteiger partial charge in [0.25, 0.3) is 0 Å². The summed E-state index contributed by atoms with van der Waals surface area (Å²) in [6.07, 6.45) is 0.842. The first-order valence-electron chi connectivity index (χ1n) is 6.00. The van der Waals surface area contributed by atoms with E-state index in [0.29, 0.717) is 11.1 Å². The summed E-state index contributed by atoms with van der Waals surface area (Å²) < 4.78 is 4.65. The molecule has 0 atom stereocenters. The number of H-pyrrole nitrogens is 1. The fraction of sp³-hybridized carbons (Fsp3) is 0.200. The van der Waals surface area contributed by atoms with E-state index in [-0.39, 0.29) is 5.97 Å². The maximum Gasteiger partial charge on any atom is 0.337 e. The standard InChI is InChI=1S/C15H14N2O2/c1-3-13-8-12(9-16)14(17-13)10-4-6-11(7-5-10)15(18)19-2/h4-8,17H,3H2,1-2H3. The highest BCUT2D eigenvalue weighted by molar-refractivity contribution is 5.90. The minimum absolute atomic E-state index is 0.368. The van der Waals surface area contributed by atoms with E-state index in [9.17, 15) is 4.79 Å². The molecule has 96 valence electrons. The molecule has 4 heteroatoms. The average molecular weight is 254 g/mol. The third-order valence-electron chi connectivity index (χ3n) is 2.97. The van der Waals surface area contributed by atoms with Gasteiger partial charge in [0.15, 0.2) is 0 Å². The van der Waals surface area contributed by atoms with Crippen molar-refractivity contribution in [3.05, 3.63) is 47.2 Å². The topological polar surface area (TPSA) is 65.9 Å². The zero-order valence-electron chi connectivity index (χ0n) is 10.9. The zero-order chi connectivity index (χ0) is 13.8. The summed E-state index contributed by atoms with van der Waals surface area (Å²) in [7, 11) is 1.35. The Kier molecular flexibility index (Phi) is 3.67. The monoisotopic (exact) mass is 254 g/mol. The Morgan fingerprint density at radius 3 is 2.58 bits per heavy atom. The van der Waals surface area contributed by atoms with E-state index in [1.807, 2.05) is 13.0 Å². The van der Waals surface area contributed by atoms with E-state index < -0.39 is 0 Å². The van der Waals surface area contributed by atoms with E-state index in [1.165, 1.54) is 7.11 Å². The number of carbonyl (C=O) groups excluding carboxylic acids is 1. The van der Waals surface area contributed by atoms with Crippen molar-refractivity contribution in [3.63, 3.8) is 0 Å². The molecule has 0 spiro atoms. The fourth-order valence-electron chi connectivity index (χ4n) is 1.91. The molecule has 1 aromatic heterocycles. The van der Waals surface area contributed by atoms with E-state index >= 15 is 0 Å². The largest absolute Gasteiger partial charge is 0.465 e. The third kappa shape index (κ3) is 2.50. The molecule has 19 heavy (non-hydrogen) atoms. The van der Waals surface area contributed by atoms with Gasteiger partial charge in [-0.05, 0) is 30.2 Å². The van der Waals surface area contributed by atoms with E-state index in [1.54, 1.807) is 24.3 Å². The fourth-order valence-corrected chi connectivity index (χ4v) is 1.91. The number of benzene rings is 1. The predicted octanol–water partition coefficient (Wildman–Crippen LogP) is 2.90. The number of aromatic amines is 1. The number of rotatable bonds is 3. The first kappa shape index (κ1) is 12.9. The van der Waals surface area contributed by atoms with Crippen molar-refractivity contribution in [2.45, 2.75) is 13.3 Å². The van der Waals surface area contributed by atoms with Gasteiger partial charge in [0.2, 0.25) is 0 Å². The molecule has 0 fully saturated rings. The highest BCUT2D eigenvalue weighted by atomic mass is 16.5. The van der Waals surface area contributed by atoms with Gasteiger partial charge in [-0.2, -0.15) is 5.26 Å². The Morgan fingerprint density at radius 2 is 2.05 bits per heavy atom. The highest BCUT2D eigenvalue weighted by Gasteiger charge is 2.10. The number of nitrogens with one attached hydrogen (secondary N) is 1. The Labute approximate surface area is 111 Å². The summed E-state index contributed by atoms with van der Waals surface area (Å²) in [6, 6.07) is 11.0. The lowest BCUT2D eigenvalue weighted by Crippen LogP contribution is -2.00. The second-order valence-electron chi connectivity index (χ2n) is 4.12. The smallest absolute Gasteiger partial charge is 0.337 e. The van der Waals surface area contributed by atoms with Gasteiger partial charge in [-0.25, -0.2) is 4.79 Å². The molecule has 1 heterocycles. The SMILES string of the molecule is CCc1cc(C#N)c(-c2ccc(C(=O)OC)cc2)[nH]1. The van der Waals surface area contributed by atoms with E-state index in [4.69, 9.17) is 5.26 Å². The lowest BCUT2D eigenvalue weighted by Gasteiger charge is -2.02. The zero-order valence-corrected chi connectivity index (χ0v) is 10.9. The van der Waals surface area contributed by atoms with Gasteiger partial charge in [0, 0.05) is 5.69 Å². The molecule has 0 saturated heterocycles. The molecule has 0 unspecified atom stereocenters. The summed E-state index contributed by atoms with van der Waals surface area (Å²) >= 11 is 0. The lowest BCUT2D eigenvalue weighted by atomic mass is 10.1. The van der Waals surface area contributed by atoms with Crippen LogP contribution in [0.5, 0.6) is 0 Å². The van der Waals surface area contributed by atoms with Gasteiger partial charge in [-0.1, -0.05) is 19.1 Å². The van der Waals surface area contributed by atoms with Crippen LogP contribution in [0.4, 0.5) is 0 Å². The van der Waals surface area contributed by atoms with Crippen LogP contribution in [-0.4, -0.2) is 18.1 Å². The molecular formula is C15H14N2O2. The van der Waals surface area contributed by atoms with Crippen LogP contribution in [-0.2, 0) is 11.2 Å². The average Bonchev–Trinajstić information content (AvgIpc) is 2.90. The van der Waals surface area contributed by atoms with E-state index in [0.717, 1.165) is 23.4 Å². The molecule has 0 saturated carbocycles. The Balaban J connectivity index is 2.40. The molecule has 0 aliphatic carbocycles. The number of nitrogens with zero attached hydrogens (tertiary/aromatic N) is 1. The molecule has 4 nitrogen and oxygen atoms in total. The van der Waals surface area contributed by atoms with Crippen molar-refractivity contribution >= 4 is 5.97 Å². The van der Waals surface area contributed by atoms with Crippen molar-refractivity contribution in [2.24, 2.45) is 0 Å².